The van der Waals surface area contributed by atoms with Gasteiger partial charge in [0.1, 0.15) is 11.2 Å². The number of rotatable bonds is 6. The standard InChI is InChI=1S/C23H19FN2O5S/c1-2-23(17-6-4-3-5-7-17)21(16-8-10-18(24)11-9-16)25(22(23)27)32(30,31)20-14-12-19(13-15-20)26(28)29/h3-15,21H,2H2,1H3/t21?,23-/m0/s1. The largest absolute Gasteiger partial charge is 0.273 e. The molecule has 0 bridgehead atoms. The summed E-state index contributed by atoms with van der Waals surface area (Å²) in [5.74, 6) is -1.08. The van der Waals surface area contributed by atoms with Gasteiger partial charge in [0.25, 0.3) is 15.7 Å². The molecule has 0 aromatic heterocycles. The highest BCUT2D eigenvalue weighted by Gasteiger charge is 2.65. The van der Waals surface area contributed by atoms with Gasteiger partial charge in [0.2, 0.25) is 5.91 Å². The van der Waals surface area contributed by atoms with Crippen LogP contribution in [-0.2, 0) is 20.2 Å². The van der Waals surface area contributed by atoms with Crippen molar-refractivity contribution in [3.05, 3.63) is 106 Å². The summed E-state index contributed by atoms with van der Waals surface area (Å²) in [6.45, 7) is 1.80. The molecule has 0 saturated carbocycles. The van der Waals surface area contributed by atoms with Crippen LogP contribution in [0, 0.1) is 15.9 Å². The quantitative estimate of drug-likeness (QED) is 0.313. The highest BCUT2D eigenvalue weighted by atomic mass is 32.2. The van der Waals surface area contributed by atoms with Crippen LogP contribution in [0.4, 0.5) is 10.1 Å². The lowest BCUT2D eigenvalue weighted by molar-refractivity contribution is -0.384. The first kappa shape index (κ1) is 21.6. The van der Waals surface area contributed by atoms with Crippen LogP contribution in [0.1, 0.15) is 30.5 Å². The van der Waals surface area contributed by atoms with E-state index in [1.54, 1.807) is 37.3 Å². The molecule has 4 rings (SSSR count). The second kappa shape index (κ2) is 7.83. The van der Waals surface area contributed by atoms with Crippen molar-refractivity contribution in [1.82, 2.24) is 4.31 Å². The van der Waals surface area contributed by atoms with E-state index < -0.39 is 38.1 Å². The Hall–Kier alpha value is -3.59. The molecule has 0 radical (unpaired) electrons. The fourth-order valence-corrected chi connectivity index (χ4v) is 5.96. The maximum Gasteiger partial charge on any atom is 0.269 e. The van der Waals surface area contributed by atoms with Crippen LogP contribution in [0.3, 0.4) is 0 Å². The second-order valence-electron chi connectivity index (χ2n) is 7.50. The second-order valence-corrected chi connectivity index (χ2v) is 9.32. The lowest BCUT2D eigenvalue weighted by Gasteiger charge is -2.55. The smallest absolute Gasteiger partial charge is 0.269 e. The van der Waals surface area contributed by atoms with E-state index in [9.17, 15) is 27.7 Å². The van der Waals surface area contributed by atoms with Crippen LogP contribution in [-0.4, -0.2) is 23.6 Å². The van der Waals surface area contributed by atoms with Crippen molar-refractivity contribution in [2.75, 3.05) is 0 Å². The lowest BCUT2D eigenvalue weighted by Crippen LogP contribution is -2.67. The Kier molecular flexibility index (Phi) is 5.29. The van der Waals surface area contributed by atoms with Gasteiger partial charge in [-0.1, -0.05) is 49.4 Å². The summed E-state index contributed by atoms with van der Waals surface area (Å²) in [5, 5.41) is 10.9. The van der Waals surface area contributed by atoms with Gasteiger partial charge in [-0.2, -0.15) is 0 Å². The van der Waals surface area contributed by atoms with Crippen molar-refractivity contribution >= 4 is 21.6 Å². The minimum Gasteiger partial charge on any atom is -0.273 e. The SMILES string of the molecule is CC[C@@]1(c2ccccc2)C(=O)N(S(=O)(=O)c2ccc([N+](=O)[O-])cc2)C1c1ccc(F)cc1. The molecule has 164 valence electrons. The van der Waals surface area contributed by atoms with Crippen LogP contribution in [0.5, 0.6) is 0 Å². The number of hydrogen-bond donors (Lipinski definition) is 0. The number of amides is 1. The van der Waals surface area contributed by atoms with E-state index >= 15 is 0 Å². The van der Waals surface area contributed by atoms with Gasteiger partial charge in [-0.3, -0.25) is 14.9 Å². The molecule has 9 heteroatoms. The van der Waals surface area contributed by atoms with Gasteiger partial charge in [0, 0.05) is 12.1 Å². The number of hydrogen-bond acceptors (Lipinski definition) is 5. The summed E-state index contributed by atoms with van der Waals surface area (Å²) >= 11 is 0. The van der Waals surface area contributed by atoms with Crippen molar-refractivity contribution in [3.63, 3.8) is 0 Å². The van der Waals surface area contributed by atoms with Crippen molar-refractivity contribution < 1.29 is 22.5 Å². The van der Waals surface area contributed by atoms with Crippen molar-refractivity contribution in [2.45, 2.75) is 29.7 Å². The molecule has 1 fully saturated rings. The Balaban J connectivity index is 1.86. The molecule has 0 spiro atoms. The summed E-state index contributed by atoms with van der Waals surface area (Å²) in [6.07, 6.45) is 0.324. The Morgan fingerprint density at radius 1 is 1.00 bits per heavy atom. The molecule has 2 atom stereocenters. The lowest BCUT2D eigenvalue weighted by atomic mass is 9.63. The van der Waals surface area contributed by atoms with Crippen molar-refractivity contribution in [3.8, 4) is 0 Å². The Morgan fingerprint density at radius 2 is 1.59 bits per heavy atom. The number of nitrogens with zero attached hydrogens (tertiary/aromatic N) is 2. The predicted octanol–water partition coefficient (Wildman–Crippen LogP) is 4.35. The van der Waals surface area contributed by atoms with Gasteiger partial charge in [-0.05, 0) is 41.8 Å². The highest BCUT2D eigenvalue weighted by molar-refractivity contribution is 7.89. The summed E-state index contributed by atoms with van der Waals surface area (Å²) in [6, 6.07) is 17.7. The van der Waals surface area contributed by atoms with Crippen molar-refractivity contribution in [2.24, 2.45) is 0 Å². The van der Waals surface area contributed by atoms with Gasteiger partial charge in [-0.25, -0.2) is 17.1 Å². The van der Waals surface area contributed by atoms with Crippen molar-refractivity contribution in [1.29, 1.82) is 0 Å². The zero-order valence-electron chi connectivity index (χ0n) is 17.0. The molecular weight excluding hydrogens is 435 g/mol. The van der Waals surface area contributed by atoms with E-state index in [0.717, 1.165) is 28.6 Å². The fourth-order valence-electron chi connectivity index (χ4n) is 4.30. The summed E-state index contributed by atoms with van der Waals surface area (Å²) in [5.41, 5.74) is -0.271. The molecule has 0 aliphatic carbocycles. The molecule has 1 unspecified atom stereocenters. The van der Waals surface area contributed by atoms with Gasteiger partial charge in [0.15, 0.2) is 0 Å². The number of benzene rings is 3. The number of nitro groups is 1. The number of nitro benzene ring substituents is 1. The minimum atomic E-state index is -4.32. The third kappa shape index (κ3) is 3.16. The molecule has 3 aromatic carbocycles. The molecule has 0 N–H and O–H groups in total. The zero-order chi connectivity index (χ0) is 23.1. The molecule has 32 heavy (non-hydrogen) atoms. The molecule has 1 aliphatic rings. The maximum absolute atomic E-state index is 13.6. The average Bonchev–Trinajstić information content (AvgIpc) is 2.79. The Labute approximate surface area is 184 Å². The first-order chi connectivity index (χ1) is 15.2. The first-order valence-electron chi connectivity index (χ1n) is 9.88. The van der Waals surface area contributed by atoms with Gasteiger partial charge < -0.3 is 0 Å². The van der Waals surface area contributed by atoms with Gasteiger partial charge in [-0.15, -0.1) is 0 Å². The van der Waals surface area contributed by atoms with Gasteiger partial charge >= 0.3 is 0 Å². The van der Waals surface area contributed by atoms with E-state index in [1.807, 2.05) is 0 Å². The minimum absolute atomic E-state index is 0.235. The zero-order valence-corrected chi connectivity index (χ0v) is 17.8. The molecule has 1 heterocycles. The molecule has 3 aromatic rings. The Morgan fingerprint density at radius 3 is 2.12 bits per heavy atom. The summed E-state index contributed by atoms with van der Waals surface area (Å²) in [7, 11) is -4.32. The number of non-ortho nitro benzene ring substituents is 1. The number of carbonyl (C=O) groups excluding carboxylic acids is 1. The normalized spacial score (nSPS) is 20.6. The third-order valence-electron chi connectivity index (χ3n) is 5.92. The molecular formula is C23H19FN2O5S. The number of halogens is 1. The molecule has 7 nitrogen and oxygen atoms in total. The van der Waals surface area contributed by atoms with E-state index in [1.165, 1.54) is 24.3 Å². The topological polar surface area (TPSA) is 97.6 Å². The van der Waals surface area contributed by atoms with E-state index in [-0.39, 0.29) is 10.6 Å². The molecule has 1 saturated heterocycles. The predicted molar refractivity (Wildman–Crippen MR) is 115 cm³/mol. The average molecular weight is 454 g/mol. The van der Waals surface area contributed by atoms with Crippen LogP contribution in [0.2, 0.25) is 0 Å². The number of sulfonamides is 1. The van der Waals surface area contributed by atoms with E-state index in [4.69, 9.17) is 0 Å². The molecule has 1 amide bonds. The third-order valence-corrected chi connectivity index (χ3v) is 7.68. The van der Waals surface area contributed by atoms with E-state index in [2.05, 4.69) is 0 Å². The molecule has 1 aliphatic heterocycles. The number of β-lactam (4-membered cyclic amide) rings is 1. The van der Waals surface area contributed by atoms with E-state index in [0.29, 0.717) is 17.5 Å². The van der Waals surface area contributed by atoms with Crippen LogP contribution < -0.4 is 0 Å². The fraction of sp³-hybridized carbons (Fsp3) is 0.174. The highest BCUT2D eigenvalue weighted by Crippen LogP contribution is 2.56. The maximum atomic E-state index is 13.6. The van der Waals surface area contributed by atoms with Crippen LogP contribution in [0.25, 0.3) is 0 Å². The number of carbonyl (C=O) groups is 1. The summed E-state index contributed by atoms with van der Waals surface area (Å²) in [4.78, 5) is 23.6. The monoisotopic (exact) mass is 454 g/mol. The van der Waals surface area contributed by atoms with Crippen LogP contribution in [0.15, 0.2) is 83.8 Å². The summed E-state index contributed by atoms with van der Waals surface area (Å²) < 4.78 is 41.3. The Bertz CT molecular complexity index is 1280. The van der Waals surface area contributed by atoms with Gasteiger partial charge in [0.05, 0.1) is 15.9 Å². The van der Waals surface area contributed by atoms with Crippen LogP contribution >= 0.6 is 0 Å². The first-order valence-corrected chi connectivity index (χ1v) is 11.3.